The molecule has 4 heteroatoms. The van der Waals surface area contributed by atoms with Crippen molar-refractivity contribution in [2.75, 3.05) is 11.4 Å². The van der Waals surface area contributed by atoms with E-state index in [1.165, 1.54) is 19.0 Å². The largest absolute Gasteiger partial charge is 0.478 e. The molecule has 0 radical (unpaired) electrons. The Balaban J connectivity index is 2.39. The van der Waals surface area contributed by atoms with Crippen molar-refractivity contribution in [1.82, 2.24) is 4.98 Å². The number of aryl methyl sites for hydroxylation is 1. The Hall–Kier alpha value is -1.58. The van der Waals surface area contributed by atoms with E-state index in [4.69, 9.17) is 0 Å². The molecule has 0 saturated heterocycles. The van der Waals surface area contributed by atoms with E-state index < -0.39 is 5.97 Å². The lowest BCUT2D eigenvalue weighted by Crippen LogP contribution is -2.34. The van der Waals surface area contributed by atoms with Crippen LogP contribution in [0.25, 0.3) is 0 Å². The van der Waals surface area contributed by atoms with Crippen molar-refractivity contribution in [3.63, 3.8) is 0 Å². The summed E-state index contributed by atoms with van der Waals surface area (Å²) in [5, 5.41) is 9.28. The molecular formula is C14H20N2O2. The summed E-state index contributed by atoms with van der Waals surface area (Å²) in [6.45, 7) is 4.83. The van der Waals surface area contributed by atoms with Crippen LogP contribution < -0.4 is 4.90 Å². The van der Waals surface area contributed by atoms with Gasteiger partial charge in [-0.1, -0.05) is 12.8 Å². The molecule has 0 spiro atoms. The Kier molecular flexibility index (Phi) is 3.84. The first-order valence-electron chi connectivity index (χ1n) is 6.60. The number of hydrogen-bond acceptors (Lipinski definition) is 3. The lowest BCUT2D eigenvalue weighted by molar-refractivity contribution is 0.0697. The highest BCUT2D eigenvalue weighted by molar-refractivity contribution is 5.94. The Morgan fingerprint density at radius 3 is 2.72 bits per heavy atom. The predicted octanol–water partition coefficient (Wildman–Crippen LogP) is 2.86. The summed E-state index contributed by atoms with van der Waals surface area (Å²) in [5.74, 6) is -0.894. The van der Waals surface area contributed by atoms with Gasteiger partial charge < -0.3 is 10.0 Å². The van der Waals surface area contributed by atoms with Crippen molar-refractivity contribution in [2.45, 2.75) is 45.6 Å². The highest BCUT2D eigenvalue weighted by Crippen LogP contribution is 2.30. The van der Waals surface area contributed by atoms with Gasteiger partial charge in [-0.2, -0.15) is 0 Å². The monoisotopic (exact) mass is 248 g/mol. The first-order chi connectivity index (χ1) is 8.63. The van der Waals surface area contributed by atoms with Crippen LogP contribution in [0, 0.1) is 6.92 Å². The van der Waals surface area contributed by atoms with E-state index in [0.29, 0.717) is 11.6 Å². The van der Waals surface area contributed by atoms with E-state index in [1.807, 2.05) is 13.0 Å². The summed E-state index contributed by atoms with van der Waals surface area (Å²) in [4.78, 5) is 17.6. The number of carboxylic acid groups (broad SMARTS) is 1. The van der Waals surface area contributed by atoms with Crippen LogP contribution >= 0.6 is 0 Å². The molecule has 2 rings (SSSR count). The molecule has 1 N–H and O–H groups in total. The lowest BCUT2D eigenvalue weighted by Gasteiger charge is -2.31. The molecule has 1 heterocycles. The summed E-state index contributed by atoms with van der Waals surface area (Å²) >= 11 is 0. The molecule has 0 aromatic carbocycles. The van der Waals surface area contributed by atoms with E-state index >= 15 is 0 Å². The average Bonchev–Trinajstić information content (AvgIpc) is 2.83. The second-order valence-electron chi connectivity index (χ2n) is 4.87. The molecular weight excluding hydrogens is 228 g/mol. The SMILES string of the molecule is CCN(c1cc(C)ncc1C(=O)O)C1CCCC1. The standard InChI is InChI=1S/C14H20N2O2/c1-3-16(11-6-4-5-7-11)13-8-10(2)15-9-12(13)14(17)18/h8-9,11H,3-7H2,1-2H3,(H,17,18). The smallest absolute Gasteiger partial charge is 0.339 e. The highest BCUT2D eigenvalue weighted by atomic mass is 16.4. The minimum atomic E-state index is -0.894. The number of rotatable bonds is 4. The Bertz CT molecular complexity index is 439. The molecule has 1 fully saturated rings. The number of anilines is 1. The maximum Gasteiger partial charge on any atom is 0.339 e. The van der Waals surface area contributed by atoms with Crippen LogP contribution in [0.15, 0.2) is 12.3 Å². The van der Waals surface area contributed by atoms with E-state index in [-0.39, 0.29) is 0 Å². The van der Waals surface area contributed by atoms with Gasteiger partial charge in [-0.3, -0.25) is 4.98 Å². The minimum Gasteiger partial charge on any atom is -0.478 e. The zero-order valence-electron chi connectivity index (χ0n) is 11.0. The van der Waals surface area contributed by atoms with Gasteiger partial charge >= 0.3 is 5.97 Å². The molecule has 1 aromatic heterocycles. The normalized spacial score (nSPS) is 15.9. The maximum atomic E-state index is 11.3. The molecule has 0 unspecified atom stereocenters. The van der Waals surface area contributed by atoms with Gasteiger partial charge in [0, 0.05) is 24.5 Å². The third kappa shape index (κ3) is 2.47. The van der Waals surface area contributed by atoms with Crippen LogP contribution in [-0.4, -0.2) is 28.6 Å². The van der Waals surface area contributed by atoms with Crippen molar-refractivity contribution < 1.29 is 9.90 Å². The van der Waals surface area contributed by atoms with E-state index in [0.717, 1.165) is 30.8 Å². The second-order valence-corrected chi connectivity index (χ2v) is 4.87. The Labute approximate surface area is 108 Å². The summed E-state index contributed by atoms with van der Waals surface area (Å²) in [6.07, 6.45) is 6.29. The third-order valence-corrected chi connectivity index (χ3v) is 3.66. The van der Waals surface area contributed by atoms with Gasteiger partial charge in [-0.05, 0) is 32.8 Å². The molecule has 0 aliphatic heterocycles. The molecule has 98 valence electrons. The molecule has 0 bridgehead atoms. The van der Waals surface area contributed by atoms with Crippen LogP contribution in [0.2, 0.25) is 0 Å². The molecule has 1 saturated carbocycles. The highest BCUT2D eigenvalue weighted by Gasteiger charge is 2.25. The van der Waals surface area contributed by atoms with Crippen molar-refractivity contribution in [1.29, 1.82) is 0 Å². The average molecular weight is 248 g/mol. The number of carbonyl (C=O) groups is 1. The van der Waals surface area contributed by atoms with Crippen LogP contribution in [-0.2, 0) is 0 Å². The van der Waals surface area contributed by atoms with E-state index in [9.17, 15) is 9.90 Å². The molecule has 1 aliphatic carbocycles. The third-order valence-electron chi connectivity index (χ3n) is 3.66. The van der Waals surface area contributed by atoms with Crippen LogP contribution in [0.3, 0.4) is 0 Å². The summed E-state index contributed by atoms with van der Waals surface area (Å²) in [6, 6.07) is 2.38. The fourth-order valence-corrected chi connectivity index (χ4v) is 2.79. The van der Waals surface area contributed by atoms with Crippen molar-refractivity contribution in [3.8, 4) is 0 Å². The Morgan fingerprint density at radius 2 is 2.17 bits per heavy atom. The van der Waals surface area contributed by atoms with Gasteiger partial charge in [-0.25, -0.2) is 4.79 Å². The van der Waals surface area contributed by atoms with Crippen LogP contribution in [0.4, 0.5) is 5.69 Å². The first kappa shape index (κ1) is 12.9. The number of hydrogen-bond donors (Lipinski definition) is 1. The fourth-order valence-electron chi connectivity index (χ4n) is 2.79. The topological polar surface area (TPSA) is 53.4 Å². The van der Waals surface area contributed by atoms with Gasteiger partial charge in [0.2, 0.25) is 0 Å². The van der Waals surface area contributed by atoms with E-state index in [2.05, 4.69) is 16.8 Å². The zero-order chi connectivity index (χ0) is 13.1. The van der Waals surface area contributed by atoms with Gasteiger partial charge in [0.1, 0.15) is 5.56 Å². The minimum absolute atomic E-state index is 0.314. The molecule has 0 amide bonds. The predicted molar refractivity (Wildman–Crippen MR) is 71.2 cm³/mol. The summed E-state index contributed by atoms with van der Waals surface area (Å²) in [7, 11) is 0. The molecule has 1 aromatic rings. The molecule has 18 heavy (non-hydrogen) atoms. The van der Waals surface area contributed by atoms with Gasteiger partial charge in [0.15, 0.2) is 0 Å². The van der Waals surface area contributed by atoms with Crippen LogP contribution in [0.1, 0.15) is 48.7 Å². The second kappa shape index (κ2) is 5.38. The number of aromatic carboxylic acids is 1. The van der Waals surface area contributed by atoms with Crippen molar-refractivity contribution >= 4 is 11.7 Å². The number of aromatic nitrogens is 1. The van der Waals surface area contributed by atoms with Gasteiger partial charge in [-0.15, -0.1) is 0 Å². The number of pyridine rings is 1. The molecule has 0 atom stereocenters. The summed E-state index contributed by atoms with van der Waals surface area (Å²) in [5.41, 5.74) is 2.00. The van der Waals surface area contributed by atoms with Gasteiger partial charge in [0.05, 0.1) is 5.69 Å². The summed E-state index contributed by atoms with van der Waals surface area (Å²) < 4.78 is 0. The molecule has 4 nitrogen and oxygen atoms in total. The first-order valence-corrected chi connectivity index (χ1v) is 6.60. The van der Waals surface area contributed by atoms with Crippen molar-refractivity contribution in [2.24, 2.45) is 0 Å². The van der Waals surface area contributed by atoms with Gasteiger partial charge in [0.25, 0.3) is 0 Å². The van der Waals surface area contributed by atoms with Crippen molar-refractivity contribution in [3.05, 3.63) is 23.5 Å². The van der Waals surface area contributed by atoms with E-state index in [1.54, 1.807) is 0 Å². The van der Waals surface area contributed by atoms with Crippen LogP contribution in [0.5, 0.6) is 0 Å². The zero-order valence-corrected chi connectivity index (χ0v) is 11.0. The number of carboxylic acids is 1. The molecule has 1 aliphatic rings. The lowest BCUT2D eigenvalue weighted by atomic mass is 10.1. The quantitative estimate of drug-likeness (QED) is 0.890. The number of nitrogens with zero attached hydrogens (tertiary/aromatic N) is 2. The fraction of sp³-hybridized carbons (Fsp3) is 0.571. The maximum absolute atomic E-state index is 11.3. The Morgan fingerprint density at radius 1 is 1.50 bits per heavy atom.